The maximum atomic E-state index is 11.4. The van der Waals surface area contributed by atoms with Crippen LogP contribution in [0.1, 0.15) is 16.6 Å². The number of fused-ring (bicyclic) bond motifs is 1. The molecule has 0 aliphatic rings. The van der Waals surface area contributed by atoms with Crippen molar-refractivity contribution in [1.29, 1.82) is 0 Å². The molecule has 5 heteroatoms. The van der Waals surface area contributed by atoms with Crippen LogP contribution in [0.2, 0.25) is 0 Å². The fraction of sp³-hybridized carbons (Fsp3) is 0.250. The molecule has 4 nitrogen and oxygen atoms in total. The van der Waals surface area contributed by atoms with Gasteiger partial charge >= 0.3 is 5.97 Å². The van der Waals surface area contributed by atoms with E-state index in [1.54, 1.807) is 18.2 Å². The van der Waals surface area contributed by atoms with E-state index in [4.69, 9.17) is 4.74 Å². The van der Waals surface area contributed by atoms with Gasteiger partial charge in [-0.1, -0.05) is 0 Å². The van der Waals surface area contributed by atoms with E-state index in [0.29, 0.717) is 17.2 Å². The third-order valence-corrected chi connectivity index (χ3v) is 3.36. The van der Waals surface area contributed by atoms with E-state index in [1.807, 2.05) is 6.92 Å². The first-order chi connectivity index (χ1) is 8.15. The zero-order chi connectivity index (χ0) is 12.4. The van der Waals surface area contributed by atoms with Crippen LogP contribution in [0.3, 0.4) is 0 Å². The Morgan fingerprint density at radius 1 is 1.41 bits per heavy atom. The van der Waals surface area contributed by atoms with E-state index in [0.717, 1.165) is 10.1 Å². The number of phenols is 1. The normalized spacial score (nSPS) is 10.5. The molecule has 17 heavy (non-hydrogen) atoms. The number of benzene rings is 1. The molecule has 90 valence electrons. The Morgan fingerprint density at radius 3 is 2.82 bits per heavy atom. The highest BCUT2D eigenvalue weighted by Crippen LogP contribution is 2.36. The summed E-state index contributed by atoms with van der Waals surface area (Å²) < 4.78 is 10.8. The number of esters is 1. The van der Waals surface area contributed by atoms with Crippen LogP contribution in [-0.2, 0) is 4.74 Å². The third kappa shape index (κ3) is 2.19. The zero-order valence-electron chi connectivity index (χ0n) is 9.52. The van der Waals surface area contributed by atoms with Crippen LogP contribution in [0.15, 0.2) is 18.2 Å². The van der Waals surface area contributed by atoms with Gasteiger partial charge in [0.25, 0.3) is 0 Å². The molecule has 0 spiro atoms. The minimum absolute atomic E-state index is 0.0811. The first kappa shape index (κ1) is 11.7. The fourth-order valence-corrected chi connectivity index (χ4v) is 2.52. The van der Waals surface area contributed by atoms with Crippen LogP contribution in [-0.4, -0.2) is 24.8 Å². The summed E-state index contributed by atoms with van der Waals surface area (Å²) in [5, 5.41) is 10.6. The number of thiophene rings is 1. The van der Waals surface area contributed by atoms with Crippen molar-refractivity contribution in [2.45, 2.75) is 6.92 Å². The second-order valence-electron chi connectivity index (χ2n) is 3.39. The van der Waals surface area contributed by atoms with E-state index in [9.17, 15) is 9.90 Å². The Balaban J connectivity index is 2.50. The second kappa shape index (κ2) is 4.63. The van der Waals surface area contributed by atoms with Crippen molar-refractivity contribution < 1.29 is 19.4 Å². The Kier molecular flexibility index (Phi) is 3.19. The predicted molar refractivity (Wildman–Crippen MR) is 66.0 cm³/mol. The van der Waals surface area contributed by atoms with Crippen molar-refractivity contribution in [2.24, 2.45) is 0 Å². The molecule has 0 fully saturated rings. The summed E-state index contributed by atoms with van der Waals surface area (Å²) in [7, 11) is 1.34. The minimum atomic E-state index is -0.372. The lowest BCUT2D eigenvalue weighted by Gasteiger charge is -2.04. The molecule has 0 saturated carbocycles. The Bertz CT molecular complexity index is 559. The van der Waals surface area contributed by atoms with Crippen molar-refractivity contribution in [3.05, 3.63) is 23.1 Å². The van der Waals surface area contributed by atoms with Crippen LogP contribution in [0, 0.1) is 0 Å². The molecule has 1 aromatic carbocycles. The Hall–Kier alpha value is -1.75. The molecule has 0 atom stereocenters. The van der Waals surface area contributed by atoms with Gasteiger partial charge in [0.05, 0.1) is 13.7 Å². The highest BCUT2D eigenvalue weighted by molar-refractivity contribution is 7.20. The number of phenolic OH excluding ortho intramolecular Hbond substituents is 1. The molecule has 0 radical (unpaired) electrons. The van der Waals surface area contributed by atoms with Crippen LogP contribution in [0.25, 0.3) is 10.1 Å². The topological polar surface area (TPSA) is 55.8 Å². The van der Waals surface area contributed by atoms with Crippen molar-refractivity contribution in [1.82, 2.24) is 0 Å². The predicted octanol–water partition coefficient (Wildman–Crippen LogP) is 2.79. The average molecular weight is 252 g/mol. The number of methoxy groups -OCH3 is 1. The smallest absolute Gasteiger partial charge is 0.348 e. The van der Waals surface area contributed by atoms with E-state index in [2.05, 4.69) is 4.74 Å². The highest BCUT2D eigenvalue weighted by Gasteiger charge is 2.13. The number of aromatic hydroxyl groups is 1. The summed E-state index contributed by atoms with van der Waals surface area (Å²) in [6.45, 7) is 2.32. The first-order valence-electron chi connectivity index (χ1n) is 5.13. The van der Waals surface area contributed by atoms with Crippen molar-refractivity contribution in [3.8, 4) is 11.5 Å². The van der Waals surface area contributed by atoms with Gasteiger partial charge in [0, 0.05) is 10.8 Å². The molecule has 0 aliphatic heterocycles. The molecule has 0 aliphatic carbocycles. The van der Waals surface area contributed by atoms with Gasteiger partial charge in [-0.25, -0.2) is 4.79 Å². The maximum absolute atomic E-state index is 11.4. The van der Waals surface area contributed by atoms with Crippen LogP contribution >= 0.6 is 11.3 Å². The summed E-state index contributed by atoms with van der Waals surface area (Å²) in [5.74, 6) is 0.135. The van der Waals surface area contributed by atoms with Crippen LogP contribution in [0.5, 0.6) is 11.5 Å². The summed E-state index contributed by atoms with van der Waals surface area (Å²) in [6.07, 6.45) is 0. The van der Waals surface area contributed by atoms with E-state index in [-0.39, 0.29) is 11.7 Å². The van der Waals surface area contributed by atoms with Gasteiger partial charge in [-0.05, 0) is 24.4 Å². The number of hydrogen-bond acceptors (Lipinski definition) is 5. The number of ether oxygens (including phenoxy) is 2. The minimum Gasteiger partial charge on any atom is -0.504 e. The lowest BCUT2D eigenvalue weighted by Crippen LogP contribution is -1.96. The highest BCUT2D eigenvalue weighted by atomic mass is 32.1. The van der Waals surface area contributed by atoms with Gasteiger partial charge < -0.3 is 14.6 Å². The molecule has 0 unspecified atom stereocenters. The molecule has 1 N–H and O–H groups in total. The largest absolute Gasteiger partial charge is 0.504 e. The fourth-order valence-electron chi connectivity index (χ4n) is 1.53. The van der Waals surface area contributed by atoms with Crippen LogP contribution in [0.4, 0.5) is 0 Å². The number of rotatable bonds is 3. The molecule has 0 saturated heterocycles. The number of hydrogen-bond donors (Lipinski definition) is 1. The zero-order valence-corrected chi connectivity index (χ0v) is 10.3. The Labute approximate surface area is 102 Å². The average Bonchev–Trinajstić information content (AvgIpc) is 2.71. The van der Waals surface area contributed by atoms with Gasteiger partial charge in [-0.3, -0.25) is 0 Å². The van der Waals surface area contributed by atoms with Crippen molar-refractivity contribution in [3.63, 3.8) is 0 Å². The molecule has 0 bridgehead atoms. The van der Waals surface area contributed by atoms with Gasteiger partial charge in [-0.2, -0.15) is 0 Å². The van der Waals surface area contributed by atoms with Crippen molar-refractivity contribution >= 4 is 27.4 Å². The van der Waals surface area contributed by atoms with Gasteiger partial charge in [0.1, 0.15) is 4.88 Å². The number of carbonyl (C=O) groups excluding carboxylic acids is 1. The monoisotopic (exact) mass is 252 g/mol. The van der Waals surface area contributed by atoms with E-state index >= 15 is 0 Å². The molecule has 2 aromatic rings. The van der Waals surface area contributed by atoms with Gasteiger partial charge in [0.2, 0.25) is 0 Å². The van der Waals surface area contributed by atoms with E-state index in [1.165, 1.54) is 18.4 Å². The summed E-state index contributed by atoms with van der Waals surface area (Å²) >= 11 is 1.28. The first-order valence-corrected chi connectivity index (χ1v) is 5.95. The molecule has 1 heterocycles. The second-order valence-corrected chi connectivity index (χ2v) is 4.48. The third-order valence-electron chi connectivity index (χ3n) is 2.28. The maximum Gasteiger partial charge on any atom is 0.348 e. The molecule has 1 aromatic heterocycles. The Morgan fingerprint density at radius 2 is 2.18 bits per heavy atom. The van der Waals surface area contributed by atoms with E-state index < -0.39 is 0 Å². The summed E-state index contributed by atoms with van der Waals surface area (Å²) in [4.78, 5) is 11.9. The van der Waals surface area contributed by atoms with Crippen LogP contribution < -0.4 is 4.74 Å². The lowest BCUT2D eigenvalue weighted by atomic mass is 10.2. The summed E-state index contributed by atoms with van der Waals surface area (Å²) in [6, 6.07) is 5.04. The molecular weight excluding hydrogens is 240 g/mol. The molecular formula is C12H12O4S. The SMILES string of the molecule is CCOc1cc2cc(C(=O)OC)sc2cc1O. The number of carbonyl (C=O) groups is 1. The quantitative estimate of drug-likeness (QED) is 0.853. The molecule has 2 rings (SSSR count). The standard InChI is InChI=1S/C12H12O4S/c1-3-16-9-4-7-5-11(12(14)15-2)17-10(7)6-8(9)13/h4-6,13H,3H2,1-2H3. The van der Waals surface area contributed by atoms with Gasteiger partial charge in [0.15, 0.2) is 11.5 Å². The van der Waals surface area contributed by atoms with Gasteiger partial charge in [-0.15, -0.1) is 11.3 Å². The van der Waals surface area contributed by atoms with Crippen molar-refractivity contribution in [2.75, 3.05) is 13.7 Å². The molecule has 0 amide bonds. The lowest BCUT2D eigenvalue weighted by molar-refractivity contribution is 0.0606. The summed E-state index contributed by atoms with van der Waals surface area (Å²) in [5.41, 5.74) is 0.